The fraction of sp³-hybridized carbons (Fsp3) is 0.500. The van der Waals surface area contributed by atoms with E-state index in [1.165, 1.54) is 0 Å². The zero-order chi connectivity index (χ0) is 12.3. The van der Waals surface area contributed by atoms with Crippen molar-refractivity contribution in [2.75, 3.05) is 0 Å². The van der Waals surface area contributed by atoms with Crippen LogP contribution >= 0.6 is 31.9 Å². The third-order valence-corrected chi connectivity index (χ3v) is 4.43. The van der Waals surface area contributed by atoms with Gasteiger partial charge in [0.05, 0.1) is 8.96 Å². The molecule has 2 nitrogen and oxygen atoms in total. The molecule has 0 unspecified atom stereocenters. The van der Waals surface area contributed by atoms with Gasteiger partial charge < -0.3 is 0 Å². The maximum atomic E-state index is 12.0. The van der Waals surface area contributed by atoms with Crippen molar-refractivity contribution < 1.29 is 9.59 Å². The van der Waals surface area contributed by atoms with Crippen LogP contribution in [0.15, 0.2) is 20.1 Å². The van der Waals surface area contributed by atoms with Gasteiger partial charge in [0.1, 0.15) is 0 Å². The van der Waals surface area contributed by atoms with Gasteiger partial charge in [-0.2, -0.15) is 0 Å². The highest BCUT2D eigenvalue weighted by Gasteiger charge is 2.29. The molecular formula is C12H14Br2O2. The molecule has 0 fully saturated rings. The molecule has 1 aliphatic carbocycles. The lowest BCUT2D eigenvalue weighted by atomic mass is 9.93. The highest BCUT2D eigenvalue weighted by Crippen LogP contribution is 2.33. The number of hydrogen-bond donors (Lipinski definition) is 0. The monoisotopic (exact) mass is 348 g/mol. The molecule has 0 aromatic rings. The maximum absolute atomic E-state index is 12.0. The summed E-state index contributed by atoms with van der Waals surface area (Å²) < 4.78 is 0.801. The first-order chi connectivity index (χ1) is 7.50. The number of rotatable bonds is 4. The lowest BCUT2D eigenvalue weighted by Gasteiger charge is -2.16. The summed E-state index contributed by atoms with van der Waals surface area (Å²) in [5.74, 6) is -0.141. The largest absolute Gasteiger partial charge is 0.289 e. The van der Waals surface area contributed by atoms with E-state index < -0.39 is 0 Å². The fourth-order valence-electron chi connectivity index (χ4n) is 1.60. The summed E-state index contributed by atoms with van der Waals surface area (Å²) in [6, 6.07) is 0. The minimum Gasteiger partial charge on any atom is -0.289 e. The molecule has 1 aliphatic rings. The third-order valence-electron chi connectivity index (χ3n) is 2.64. The Hall–Kier alpha value is -0.220. The number of unbranched alkanes of at least 4 members (excludes halogenated alkanes) is 2. The van der Waals surface area contributed by atoms with Gasteiger partial charge in [0.15, 0.2) is 5.78 Å². The molecule has 0 N–H and O–H groups in total. The topological polar surface area (TPSA) is 34.1 Å². The summed E-state index contributed by atoms with van der Waals surface area (Å²) in [6.07, 6.45) is 3.81. The molecule has 0 saturated heterocycles. The molecule has 1 rings (SSSR count). The van der Waals surface area contributed by atoms with E-state index in [1.54, 1.807) is 6.92 Å². The van der Waals surface area contributed by atoms with Gasteiger partial charge in [-0.1, -0.05) is 19.8 Å². The van der Waals surface area contributed by atoms with Crippen molar-refractivity contribution in [2.24, 2.45) is 0 Å². The van der Waals surface area contributed by atoms with Crippen LogP contribution in [0.1, 0.15) is 39.5 Å². The number of carbonyl (C=O) groups excluding carboxylic acids is 2. The minimum atomic E-state index is -0.122. The van der Waals surface area contributed by atoms with E-state index in [4.69, 9.17) is 0 Å². The Bertz CT molecular complexity index is 392. The Kier molecular flexibility index (Phi) is 5.12. The molecule has 0 aromatic carbocycles. The predicted octanol–water partition coefficient (Wildman–Crippen LogP) is 4.04. The summed E-state index contributed by atoms with van der Waals surface area (Å²) in [4.78, 5) is 23.7. The molecular weight excluding hydrogens is 336 g/mol. The molecule has 0 saturated carbocycles. The molecule has 0 aromatic heterocycles. The summed E-state index contributed by atoms with van der Waals surface area (Å²) in [5.41, 5.74) is 1.14. The fourth-order valence-corrected chi connectivity index (χ4v) is 2.83. The third kappa shape index (κ3) is 2.72. The normalized spacial score (nSPS) is 17.5. The van der Waals surface area contributed by atoms with Crippen LogP contribution in [0.3, 0.4) is 0 Å². The van der Waals surface area contributed by atoms with Gasteiger partial charge in [0.25, 0.3) is 0 Å². The molecule has 0 spiro atoms. The van der Waals surface area contributed by atoms with Crippen LogP contribution in [0.4, 0.5) is 0 Å². The van der Waals surface area contributed by atoms with Gasteiger partial charge in [-0.3, -0.25) is 9.59 Å². The van der Waals surface area contributed by atoms with Crippen molar-refractivity contribution in [3.05, 3.63) is 20.1 Å². The van der Waals surface area contributed by atoms with Crippen LogP contribution in [0.5, 0.6) is 0 Å². The van der Waals surface area contributed by atoms with Crippen molar-refractivity contribution in [3.63, 3.8) is 0 Å². The van der Waals surface area contributed by atoms with E-state index in [0.717, 1.165) is 19.3 Å². The molecule has 0 radical (unpaired) electrons. The SMILES string of the molecule is CCCCCC1=C(Br)C(=O)C(Br)=C(C)C1=O. The molecule has 88 valence electrons. The van der Waals surface area contributed by atoms with Crippen molar-refractivity contribution in [1.82, 2.24) is 0 Å². The minimum absolute atomic E-state index is 0.0190. The van der Waals surface area contributed by atoms with Crippen LogP contribution in [-0.4, -0.2) is 11.6 Å². The van der Waals surface area contributed by atoms with Crippen LogP contribution < -0.4 is 0 Å². The van der Waals surface area contributed by atoms with E-state index in [9.17, 15) is 9.59 Å². The second-order valence-electron chi connectivity index (χ2n) is 3.85. The zero-order valence-electron chi connectivity index (χ0n) is 9.40. The second kappa shape index (κ2) is 5.92. The van der Waals surface area contributed by atoms with Crippen molar-refractivity contribution in [1.29, 1.82) is 0 Å². The Balaban J connectivity index is 2.91. The number of ketones is 2. The molecule has 0 amide bonds. The van der Waals surface area contributed by atoms with Crippen molar-refractivity contribution in [2.45, 2.75) is 39.5 Å². The van der Waals surface area contributed by atoms with Gasteiger partial charge in [0.2, 0.25) is 5.78 Å². The predicted molar refractivity (Wildman–Crippen MR) is 71.7 cm³/mol. The Morgan fingerprint density at radius 2 is 1.62 bits per heavy atom. The zero-order valence-corrected chi connectivity index (χ0v) is 12.6. The Morgan fingerprint density at radius 3 is 2.19 bits per heavy atom. The molecule has 0 aliphatic heterocycles. The van der Waals surface area contributed by atoms with Crippen molar-refractivity contribution >= 4 is 43.4 Å². The quantitative estimate of drug-likeness (QED) is 0.567. The summed E-state index contributed by atoms with van der Waals surface area (Å²) in [6.45, 7) is 3.79. The second-order valence-corrected chi connectivity index (χ2v) is 5.43. The van der Waals surface area contributed by atoms with E-state index >= 15 is 0 Å². The van der Waals surface area contributed by atoms with Crippen LogP contribution in [0.25, 0.3) is 0 Å². The van der Waals surface area contributed by atoms with Gasteiger partial charge in [0, 0.05) is 11.1 Å². The smallest absolute Gasteiger partial charge is 0.207 e. The maximum Gasteiger partial charge on any atom is 0.207 e. The molecule has 4 heteroatoms. The van der Waals surface area contributed by atoms with E-state index in [1.807, 2.05) is 0 Å². The summed E-state index contributed by atoms with van der Waals surface area (Å²) >= 11 is 6.38. The summed E-state index contributed by atoms with van der Waals surface area (Å²) in [7, 11) is 0. The summed E-state index contributed by atoms with van der Waals surface area (Å²) in [5, 5.41) is 0. The van der Waals surface area contributed by atoms with Gasteiger partial charge in [-0.05, 0) is 51.6 Å². The average molecular weight is 350 g/mol. The van der Waals surface area contributed by atoms with Gasteiger partial charge in [-0.15, -0.1) is 0 Å². The van der Waals surface area contributed by atoms with Crippen LogP contribution in [-0.2, 0) is 9.59 Å². The number of halogens is 2. The standard InChI is InChI=1S/C12H14Br2O2/c1-3-4-5-6-8-10(14)12(16)9(13)7(2)11(8)15/h3-6H2,1-2H3. The lowest BCUT2D eigenvalue weighted by Crippen LogP contribution is -2.18. The average Bonchev–Trinajstić information content (AvgIpc) is 2.28. The molecule has 0 atom stereocenters. The first kappa shape index (κ1) is 13.8. The van der Waals surface area contributed by atoms with Crippen molar-refractivity contribution in [3.8, 4) is 0 Å². The van der Waals surface area contributed by atoms with Crippen LogP contribution in [0, 0.1) is 0 Å². The van der Waals surface area contributed by atoms with E-state index in [0.29, 0.717) is 26.5 Å². The molecule has 0 bridgehead atoms. The lowest BCUT2D eigenvalue weighted by molar-refractivity contribution is -0.115. The first-order valence-corrected chi connectivity index (χ1v) is 6.93. The molecule has 0 heterocycles. The van der Waals surface area contributed by atoms with Crippen LogP contribution in [0.2, 0.25) is 0 Å². The van der Waals surface area contributed by atoms with Gasteiger partial charge in [-0.25, -0.2) is 0 Å². The first-order valence-electron chi connectivity index (χ1n) is 5.35. The number of hydrogen-bond acceptors (Lipinski definition) is 2. The van der Waals surface area contributed by atoms with E-state index in [2.05, 4.69) is 38.8 Å². The Labute approximate surface area is 112 Å². The van der Waals surface area contributed by atoms with E-state index in [-0.39, 0.29) is 11.6 Å². The number of Topliss-reactive ketones (excluding diaryl/α,β-unsaturated/α-hetero) is 2. The molecule has 16 heavy (non-hydrogen) atoms. The highest BCUT2D eigenvalue weighted by atomic mass is 79.9. The number of allylic oxidation sites excluding steroid dienone is 4. The highest BCUT2D eigenvalue weighted by molar-refractivity contribution is 9.13. The Morgan fingerprint density at radius 1 is 1.00 bits per heavy atom. The van der Waals surface area contributed by atoms with Gasteiger partial charge >= 0.3 is 0 Å². The number of carbonyl (C=O) groups is 2.